The Morgan fingerprint density at radius 2 is 1.51 bits per heavy atom. The number of amides is 3. The van der Waals surface area contributed by atoms with Crippen LogP contribution in [0.3, 0.4) is 0 Å². The van der Waals surface area contributed by atoms with Gasteiger partial charge in [0.15, 0.2) is 0 Å². The van der Waals surface area contributed by atoms with Gasteiger partial charge in [0, 0.05) is 48.9 Å². The third-order valence-corrected chi connectivity index (χ3v) is 6.94. The van der Waals surface area contributed by atoms with Gasteiger partial charge in [-0.25, -0.2) is 4.79 Å². The fourth-order valence-corrected chi connectivity index (χ4v) is 4.74. The number of anilines is 3. The van der Waals surface area contributed by atoms with Gasteiger partial charge in [-0.2, -0.15) is 0 Å². The molecule has 2 N–H and O–H groups in total. The SMILES string of the molecule is CSc1ccccc1NC(=O)N1CCN(c2ccc(NC(=O)CCCc3ccccc3)cc2)CC1. The lowest BCUT2D eigenvalue weighted by Gasteiger charge is -2.36. The van der Waals surface area contributed by atoms with Crippen molar-refractivity contribution in [2.75, 3.05) is 48.0 Å². The fourth-order valence-electron chi connectivity index (χ4n) is 4.19. The zero-order valence-electron chi connectivity index (χ0n) is 20.1. The van der Waals surface area contributed by atoms with Gasteiger partial charge in [0.25, 0.3) is 0 Å². The van der Waals surface area contributed by atoms with Crippen LogP contribution < -0.4 is 15.5 Å². The molecule has 7 heteroatoms. The number of hydrogen-bond acceptors (Lipinski definition) is 4. The molecule has 6 nitrogen and oxygen atoms in total. The lowest BCUT2D eigenvalue weighted by molar-refractivity contribution is -0.116. The van der Waals surface area contributed by atoms with Gasteiger partial charge in [-0.15, -0.1) is 11.8 Å². The average Bonchev–Trinajstić information content (AvgIpc) is 2.90. The average molecular weight is 489 g/mol. The Morgan fingerprint density at radius 1 is 0.829 bits per heavy atom. The van der Waals surface area contributed by atoms with Crippen molar-refractivity contribution in [3.63, 3.8) is 0 Å². The van der Waals surface area contributed by atoms with E-state index in [4.69, 9.17) is 0 Å². The van der Waals surface area contributed by atoms with E-state index >= 15 is 0 Å². The molecule has 0 spiro atoms. The van der Waals surface area contributed by atoms with E-state index in [1.165, 1.54) is 5.56 Å². The normalized spacial score (nSPS) is 13.4. The Kier molecular flexibility index (Phi) is 8.68. The number of benzene rings is 3. The predicted molar refractivity (Wildman–Crippen MR) is 145 cm³/mol. The maximum absolute atomic E-state index is 12.7. The number of carbonyl (C=O) groups is 2. The van der Waals surface area contributed by atoms with Gasteiger partial charge in [0.05, 0.1) is 5.69 Å². The van der Waals surface area contributed by atoms with E-state index in [2.05, 4.69) is 27.7 Å². The highest BCUT2D eigenvalue weighted by molar-refractivity contribution is 7.98. The summed E-state index contributed by atoms with van der Waals surface area (Å²) in [5, 5.41) is 6.04. The minimum atomic E-state index is -0.0588. The van der Waals surface area contributed by atoms with Gasteiger partial charge in [-0.3, -0.25) is 4.79 Å². The first kappa shape index (κ1) is 24.7. The summed E-state index contributed by atoms with van der Waals surface area (Å²) >= 11 is 1.62. The van der Waals surface area contributed by atoms with Crippen LogP contribution in [0.1, 0.15) is 18.4 Å². The first-order chi connectivity index (χ1) is 17.1. The number of carbonyl (C=O) groups excluding carboxylic acids is 2. The number of nitrogens with zero attached hydrogens (tertiary/aromatic N) is 2. The molecule has 1 heterocycles. The van der Waals surface area contributed by atoms with Gasteiger partial charge in [-0.1, -0.05) is 42.5 Å². The molecule has 3 aromatic rings. The Bertz CT molecular complexity index is 1110. The van der Waals surface area contributed by atoms with E-state index in [9.17, 15) is 9.59 Å². The molecule has 0 bridgehead atoms. The topological polar surface area (TPSA) is 64.7 Å². The van der Waals surface area contributed by atoms with Crippen LogP contribution in [0.15, 0.2) is 83.8 Å². The van der Waals surface area contributed by atoms with Gasteiger partial charge in [0.2, 0.25) is 5.91 Å². The molecule has 0 aliphatic carbocycles. The number of urea groups is 1. The standard InChI is InChI=1S/C28H32N4O2S/c1-35-26-12-6-5-11-25(26)30-28(34)32-20-18-31(19-21-32)24-16-14-23(15-17-24)29-27(33)13-7-10-22-8-3-2-4-9-22/h2-6,8-9,11-12,14-17H,7,10,13,18-21H2,1H3,(H,29,33)(H,30,34). The summed E-state index contributed by atoms with van der Waals surface area (Å²) in [5.74, 6) is 0.0383. The van der Waals surface area contributed by atoms with E-state index in [0.29, 0.717) is 19.5 Å². The Hall–Kier alpha value is -3.45. The Labute approximate surface area is 211 Å². The molecule has 182 valence electrons. The molecule has 1 saturated heterocycles. The van der Waals surface area contributed by atoms with Gasteiger partial charge in [0.1, 0.15) is 0 Å². The molecule has 0 radical (unpaired) electrons. The number of rotatable bonds is 8. The summed E-state index contributed by atoms with van der Waals surface area (Å²) < 4.78 is 0. The zero-order chi connectivity index (χ0) is 24.5. The molecule has 4 rings (SSSR count). The number of para-hydroxylation sites is 1. The van der Waals surface area contributed by atoms with Crippen LogP contribution in [0, 0.1) is 0 Å². The number of piperazine rings is 1. The minimum absolute atomic E-state index is 0.0383. The van der Waals surface area contributed by atoms with E-state index in [-0.39, 0.29) is 11.9 Å². The first-order valence-corrected chi connectivity index (χ1v) is 13.2. The number of thioether (sulfide) groups is 1. The van der Waals surface area contributed by atoms with Gasteiger partial charge in [-0.05, 0) is 61.1 Å². The third-order valence-electron chi connectivity index (χ3n) is 6.14. The largest absolute Gasteiger partial charge is 0.368 e. The van der Waals surface area contributed by atoms with E-state index in [1.54, 1.807) is 11.8 Å². The smallest absolute Gasteiger partial charge is 0.321 e. The summed E-state index contributed by atoms with van der Waals surface area (Å²) in [6.45, 7) is 2.85. The zero-order valence-corrected chi connectivity index (χ0v) is 20.9. The molecule has 35 heavy (non-hydrogen) atoms. The second kappa shape index (κ2) is 12.3. The van der Waals surface area contributed by atoms with Crippen LogP contribution in [0.4, 0.5) is 21.9 Å². The molecule has 3 aromatic carbocycles. The van der Waals surface area contributed by atoms with Crippen LogP contribution in [0.2, 0.25) is 0 Å². The number of hydrogen-bond donors (Lipinski definition) is 2. The molecule has 0 unspecified atom stereocenters. The highest BCUT2D eigenvalue weighted by Gasteiger charge is 2.22. The second-order valence-electron chi connectivity index (χ2n) is 8.54. The maximum Gasteiger partial charge on any atom is 0.321 e. The maximum atomic E-state index is 12.7. The Balaban J connectivity index is 1.21. The molecule has 0 aromatic heterocycles. The monoisotopic (exact) mass is 488 g/mol. The molecule has 1 aliphatic heterocycles. The fraction of sp³-hybridized carbons (Fsp3) is 0.286. The molecule has 1 fully saturated rings. The number of nitrogens with one attached hydrogen (secondary N) is 2. The van der Waals surface area contributed by atoms with Crippen molar-refractivity contribution in [3.8, 4) is 0 Å². The molecule has 0 atom stereocenters. The molecule has 1 aliphatic rings. The van der Waals surface area contributed by atoms with Crippen molar-refractivity contribution in [2.45, 2.75) is 24.2 Å². The summed E-state index contributed by atoms with van der Waals surface area (Å²) in [7, 11) is 0. The van der Waals surface area contributed by atoms with E-state index in [1.807, 2.05) is 77.9 Å². The molecular formula is C28H32N4O2S. The highest BCUT2D eigenvalue weighted by Crippen LogP contribution is 2.25. The summed E-state index contributed by atoms with van der Waals surface area (Å²) in [5.41, 5.74) is 4.01. The van der Waals surface area contributed by atoms with E-state index < -0.39 is 0 Å². The minimum Gasteiger partial charge on any atom is -0.368 e. The summed E-state index contributed by atoms with van der Waals surface area (Å²) in [4.78, 5) is 30.2. The van der Waals surface area contributed by atoms with Crippen molar-refractivity contribution in [1.29, 1.82) is 0 Å². The van der Waals surface area contributed by atoms with E-state index in [0.717, 1.165) is 47.9 Å². The van der Waals surface area contributed by atoms with Crippen molar-refractivity contribution in [2.24, 2.45) is 0 Å². The number of aryl methyl sites for hydroxylation is 1. The molecule has 3 amide bonds. The van der Waals surface area contributed by atoms with Crippen molar-refractivity contribution < 1.29 is 9.59 Å². The third kappa shape index (κ3) is 7.02. The van der Waals surface area contributed by atoms with Crippen molar-refractivity contribution in [3.05, 3.63) is 84.4 Å². The van der Waals surface area contributed by atoms with Crippen LogP contribution in [0.25, 0.3) is 0 Å². The highest BCUT2D eigenvalue weighted by atomic mass is 32.2. The van der Waals surface area contributed by atoms with Crippen molar-refractivity contribution in [1.82, 2.24) is 4.90 Å². The lowest BCUT2D eigenvalue weighted by Crippen LogP contribution is -2.50. The first-order valence-electron chi connectivity index (χ1n) is 12.0. The summed E-state index contributed by atoms with van der Waals surface area (Å²) in [6.07, 6.45) is 4.24. The summed E-state index contributed by atoms with van der Waals surface area (Å²) in [6, 6.07) is 26.0. The quantitative estimate of drug-likeness (QED) is 0.398. The van der Waals surface area contributed by atoms with Crippen LogP contribution >= 0.6 is 11.8 Å². The Morgan fingerprint density at radius 3 is 2.23 bits per heavy atom. The van der Waals surface area contributed by atoms with Crippen LogP contribution in [-0.2, 0) is 11.2 Å². The van der Waals surface area contributed by atoms with Gasteiger partial charge >= 0.3 is 6.03 Å². The van der Waals surface area contributed by atoms with Gasteiger partial charge < -0.3 is 20.4 Å². The van der Waals surface area contributed by atoms with Crippen LogP contribution in [-0.4, -0.2) is 49.3 Å². The van der Waals surface area contributed by atoms with Crippen LogP contribution in [0.5, 0.6) is 0 Å². The second-order valence-corrected chi connectivity index (χ2v) is 9.39. The van der Waals surface area contributed by atoms with Crippen molar-refractivity contribution >= 4 is 40.8 Å². The predicted octanol–water partition coefficient (Wildman–Crippen LogP) is 5.72. The molecular weight excluding hydrogens is 456 g/mol. The lowest BCUT2D eigenvalue weighted by atomic mass is 10.1. The molecule has 0 saturated carbocycles.